The fourth-order valence-corrected chi connectivity index (χ4v) is 3.05. The third-order valence-electron chi connectivity index (χ3n) is 3.25. The lowest BCUT2D eigenvalue weighted by Crippen LogP contribution is -2.14. The van der Waals surface area contributed by atoms with Crippen molar-refractivity contribution in [1.29, 1.82) is 0 Å². The molecule has 0 atom stereocenters. The van der Waals surface area contributed by atoms with E-state index in [0.29, 0.717) is 0 Å². The molecule has 1 heterocycles. The van der Waals surface area contributed by atoms with Gasteiger partial charge in [0, 0.05) is 11.6 Å². The topological polar surface area (TPSA) is 69.4 Å². The summed E-state index contributed by atoms with van der Waals surface area (Å²) in [6, 6.07) is 6.92. The zero-order chi connectivity index (χ0) is 19.9. The van der Waals surface area contributed by atoms with Crippen LogP contribution < -0.4 is 4.18 Å². The Hall–Kier alpha value is -2.66. The highest BCUT2D eigenvalue weighted by molar-refractivity contribution is 7.87. The fraction of sp³-hybridized carbons (Fsp3) is 0. The summed E-state index contributed by atoms with van der Waals surface area (Å²) in [7, 11) is -5.11. The molecule has 27 heavy (non-hydrogen) atoms. The Labute approximate surface area is 153 Å². The van der Waals surface area contributed by atoms with Crippen molar-refractivity contribution in [2.24, 2.45) is 0 Å². The van der Waals surface area contributed by atoms with Crippen LogP contribution in [0.25, 0.3) is 11.3 Å². The standard InChI is InChI=1S/C15H5ClF5NO4S/c16-7-4-2-1-3-6(7)8-5-9(25-22-8)27(23,24)26-15-13(20)11(18)10(17)12(19)14(15)21/h1-5H. The van der Waals surface area contributed by atoms with Crippen LogP contribution in [0, 0.1) is 29.1 Å². The number of nitrogens with zero attached hydrogens (tertiary/aromatic N) is 1. The molecule has 0 spiro atoms. The Balaban J connectivity index is 2.02. The van der Waals surface area contributed by atoms with Gasteiger partial charge in [0.1, 0.15) is 5.69 Å². The Morgan fingerprint density at radius 3 is 2.07 bits per heavy atom. The molecule has 12 heteroatoms. The highest BCUT2D eigenvalue weighted by atomic mass is 35.5. The first-order chi connectivity index (χ1) is 12.6. The van der Waals surface area contributed by atoms with Gasteiger partial charge >= 0.3 is 10.1 Å². The van der Waals surface area contributed by atoms with Gasteiger partial charge in [-0.1, -0.05) is 35.0 Å². The van der Waals surface area contributed by atoms with Crippen molar-refractivity contribution >= 4 is 21.7 Å². The van der Waals surface area contributed by atoms with E-state index in [1.54, 1.807) is 12.1 Å². The van der Waals surface area contributed by atoms with E-state index in [4.69, 9.17) is 11.6 Å². The van der Waals surface area contributed by atoms with Gasteiger partial charge < -0.3 is 8.71 Å². The molecule has 5 nitrogen and oxygen atoms in total. The predicted octanol–water partition coefficient (Wildman–Crippen LogP) is 4.46. The maximum Gasteiger partial charge on any atom is 0.376 e. The molecule has 0 saturated heterocycles. The van der Waals surface area contributed by atoms with Crippen LogP contribution in [-0.4, -0.2) is 13.6 Å². The molecule has 3 aromatic rings. The van der Waals surface area contributed by atoms with Crippen LogP contribution in [0.15, 0.2) is 39.9 Å². The molecule has 0 saturated carbocycles. The molecule has 0 aliphatic carbocycles. The van der Waals surface area contributed by atoms with Gasteiger partial charge in [-0.25, -0.2) is 13.2 Å². The van der Waals surface area contributed by atoms with E-state index in [0.717, 1.165) is 6.07 Å². The minimum atomic E-state index is -5.11. The van der Waals surface area contributed by atoms with Crippen molar-refractivity contribution in [2.45, 2.75) is 5.09 Å². The zero-order valence-electron chi connectivity index (χ0n) is 12.6. The first-order valence-corrected chi connectivity index (χ1v) is 8.59. The van der Waals surface area contributed by atoms with Crippen LogP contribution in [0.4, 0.5) is 22.0 Å². The minimum Gasteiger partial charge on any atom is -0.370 e. The van der Waals surface area contributed by atoms with Gasteiger partial charge in [-0.05, 0) is 6.07 Å². The van der Waals surface area contributed by atoms with Crippen molar-refractivity contribution in [3.8, 4) is 17.0 Å². The third kappa shape index (κ3) is 3.35. The summed E-state index contributed by atoms with van der Waals surface area (Å²) < 4.78 is 99.3. The van der Waals surface area contributed by atoms with Gasteiger partial charge in [0.2, 0.25) is 34.8 Å². The van der Waals surface area contributed by atoms with Gasteiger partial charge in [0.05, 0.1) is 5.02 Å². The molecular formula is C15H5ClF5NO4S. The van der Waals surface area contributed by atoms with Gasteiger partial charge in [-0.15, -0.1) is 0 Å². The van der Waals surface area contributed by atoms with Gasteiger partial charge in [-0.2, -0.15) is 17.2 Å². The van der Waals surface area contributed by atoms with Crippen LogP contribution >= 0.6 is 11.6 Å². The lowest BCUT2D eigenvalue weighted by molar-refractivity contribution is 0.315. The Morgan fingerprint density at radius 1 is 0.926 bits per heavy atom. The second kappa shape index (κ2) is 6.82. The molecule has 142 valence electrons. The lowest BCUT2D eigenvalue weighted by atomic mass is 10.2. The van der Waals surface area contributed by atoms with Gasteiger partial charge in [0.25, 0.3) is 5.09 Å². The van der Waals surface area contributed by atoms with Crippen LogP contribution in [0.5, 0.6) is 5.75 Å². The molecular weight excluding hydrogens is 421 g/mol. The Bertz CT molecular complexity index is 1120. The smallest absolute Gasteiger partial charge is 0.370 e. The Kier molecular flexibility index (Phi) is 4.82. The second-order valence-electron chi connectivity index (χ2n) is 4.95. The average molecular weight is 426 g/mol. The maximum absolute atomic E-state index is 13.6. The quantitative estimate of drug-likeness (QED) is 0.267. The molecule has 0 unspecified atom stereocenters. The summed E-state index contributed by atoms with van der Waals surface area (Å²) in [5.41, 5.74) is 0.195. The second-order valence-corrected chi connectivity index (χ2v) is 6.83. The zero-order valence-corrected chi connectivity index (χ0v) is 14.2. The van der Waals surface area contributed by atoms with Crippen molar-refractivity contribution < 1.29 is 39.1 Å². The SMILES string of the molecule is O=S(=O)(Oc1c(F)c(F)c(F)c(F)c1F)c1cc(-c2ccccc2Cl)no1. The number of aromatic nitrogens is 1. The molecule has 1 aromatic heterocycles. The number of benzene rings is 2. The predicted molar refractivity (Wildman–Crippen MR) is 81.0 cm³/mol. The Morgan fingerprint density at radius 2 is 1.48 bits per heavy atom. The number of hydrogen-bond donors (Lipinski definition) is 0. The number of rotatable bonds is 4. The van der Waals surface area contributed by atoms with Crippen LogP contribution in [0.3, 0.4) is 0 Å². The highest BCUT2D eigenvalue weighted by Crippen LogP contribution is 2.33. The summed E-state index contributed by atoms with van der Waals surface area (Å²) in [5.74, 6) is -14.1. The number of hydrogen-bond acceptors (Lipinski definition) is 5. The summed E-state index contributed by atoms with van der Waals surface area (Å²) >= 11 is 5.92. The van der Waals surface area contributed by atoms with Crippen LogP contribution in [0.2, 0.25) is 5.02 Å². The monoisotopic (exact) mass is 425 g/mol. The largest absolute Gasteiger partial charge is 0.376 e. The molecule has 0 amide bonds. The van der Waals surface area contributed by atoms with E-state index in [9.17, 15) is 30.4 Å². The summed E-state index contributed by atoms with van der Waals surface area (Å²) in [6.45, 7) is 0. The fourth-order valence-electron chi connectivity index (χ4n) is 1.98. The van der Waals surface area contributed by atoms with E-state index < -0.39 is 50.0 Å². The van der Waals surface area contributed by atoms with E-state index >= 15 is 0 Å². The lowest BCUT2D eigenvalue weighted by Gasteiger charge is -2.08. The summed E-state index contributed by atoms with van der Waals surface area (Å²) in [5, 5.41) is 2.58. The highest BCUT2D eigenvalue weighted by Gasteiger charge is 2.32. The van der Waals surface area contributed by atoms with E-state index in [-0.39, 0.29) is 16.3 Å². The van der Waals surface area contributed by atoms with Crippen LogP contribution in [-0.2, 0) is 10.1 Å². The summed E-state index contributed by atoms with van der Waals surface area (Å²) in [4.78, 5) is 0. The van der Waals surface area contributed by atoms with Crippen molar-refractivity contribution in [1.82, 2.24) is 5.16 Å². The molecule has 0 aliphatic heterocycles. The molecule has 0 bridgehead atoms. The first kappa shape index (κ1) is 19.1. The normalized spacial score (nSPS) is 11.6. The van der Waals surface area contributed by atoms with E-state index in [1.165, 1.54) is 12.1 Å². The molecule has 0 aliphatic rings. The van der Waals surface area contributed by atoms with Gasteiger partial charge in [0.15, 0.2) is 0 Å². The van der Waals surface area contributed by atoms with E-state index in [2.05, 4.69) is 13.9 Å². The van der Waals surface area contributed by atoms with Crippen molar-refractivity contribution in [3.05, 3.63) is 64.4 Å². The average Bonchev–Trinajstić information content (AvgIpc) is 3.13. The maximum atomic E-state index is 13.6. The molecule has 0 N–H and O–H groups in total. The van der Waals surface area contributed by atoms with Crippen LogP contribution in [0.1, 0.15) is 0 Å². The molecule has 0 fully saturated rings. The molecule has 3 rings (SSSR count). The van der Waals surface area contributed by atoms with E-state index in [1.807, 2.05) is 0 Å². The minimum absolute atomic E-state index is 0.0693. The third-order valence-corrected chi connectivity index (χ3v) is 4.65. The first-order valence-electron chi connectivity index (χ1n) is 6.81. The molecule has 2 aromatic carbocycles. The summed E-state index contributed by atoms with van der Waals surface area (Å²) in [6.07, 6.45) is 0. The van der Waals surface area contributed by atoms with Crippen molar-refractivity contribution in [3.63, 3.8) is 0 Å². The van der Waals surface area contributed by atoms with Gasteiger partial charge in [-0.3, -0.25) is 0 Å². The molecule has 0 radical (unpaired) electrons. The number of halogens is 6. The van der Waals surface area contributed by atoms with Crippen molar-refractivity contribution in [2.75, 3.05) is 0 Å².